The average molecular weight is 262 g/mol. The van der Waals surface area contributed by atoms with E-state index in [1.165, 1.54) is 25.7 Å². The second-order valence-electron chi connectivity index (χ2n) is 5.58. The summed E-state index contributed by atoms with van der Waals surface area (Å²) in [6.45, 7) is 3.86. The Bertz CT molecular complexity index is 473. The predicted molar refractivity (Wildman–Crippen MR) is 75.6 cm³/mol. The van der Waals surface area contributed by atoms with Gasteiger partial charge in [0.25, 0.3) is 5.56 Å². The molecule has 0 bridgehead atoms. The van der Waals surface area contributed by atoms with Crippen LogP contribution < -0.4 is 15.8 Å². The summed E-state index contributed by atoms with van der Waals surface area (Å²) in [5.41, 5.74) is 1.01. The molecule has 1 N–H and O–H groups in total. The van der Waals surface area contributed by atoms with Crippen LogP contribution in [-0.4, -0.2) is 35.5 Å². The van der Waals surface area contributed by atoms with Crippen LogP contribution in [0.5, 0.6) is 0 Å². The first-order chi connectivity index (χ1) is 9.33. The fourth-order valence-electron chi connectivity index (χ4n) is 3.01. The monoisotopic (exact) mass is 262 g/mol. The van der Waals surface area contributed by atoms with Crippen molar-refractivity contribution < 1.29 is 0 Å². The molecule has 3 heterocycles. The van der Waals surface area contributed by atoms with E-state index >= 15 is 0 Å². The molecular formula is C14H22N4O. The Labute approximate surface area is 113 Å². The second kappa shape index (κ2) is 5.74. The summed E-state index contributed by atoms with van der Waals surface area (Å²) in [5.74, 6) is 0. The summed E-state index contributed by atoms with van der Waals surface area (Å²) in [6, 6.07) is 2.15. The summed E-state index contributed by atoms with van der Waals surface area (Å²) in [6.07, 6.45) is 7.92. The first-order valence-corrected chi connectivity index (χ1v) is 7.38. The number of hydrogen-bond acceptors (Lipinski definition) is 4. The van der Waals surface area contributed by atoms with Gasteiger partial charge in [0.15, 0.2) is 0 Å². The third kappa shape index (κ3) is 2.97. The van der Waals surface area contributed by atoms with Gasteiger partial charge in [0.2, 0.25) is 0 Å². The molecule has 0 aromatic carbocycles. The molecule has 0 saturated carbocycles. The highest BCUT2D eigenvalue weighted by atomic mass is 16.1. The molecule has 2 fully saturated rings. The highest BCUT2D eigenvalue weighted by Crippen LogP contribution is 2.17. The standard InChI is InChI=1S/C14H22N4O/c19-14-9-13(17-7-2-1-3-8-17)10-16-18(14)11-12-5-4-6-15-12/h9-10,12,15H,1-8,11H2. The van der Waals surface area contributed by atoms with Crippen molar-refractivity contribution in [3.8, 4) is 0 Å². The van der Waals surface area contributed by atoms with Crippen LogP contribution in [0.4, 0.5) is 5.69 Å². The Hall–Kier alpha value is -1.36. The summed E-state index contributed by atoms with van der Waals surface area (Å²) in [7, 11) is 0. The van der Waals surface area contributed by atoms with E-state index in [-0.39, 0.29) is 5.56 Å². The first kappa shape index (κ1) is 12.7. The largest absolute Gasteiger partial charge is 0.370 e. The molecule has 3 rings (SSSR count). The number of aromatic nitrogens is 2. The fraction of sp³-hybridized carbons (Fsp3) is 0.714. The van der Waals surface area contributed by atoms with Gasteiger partial charge in [-0.25, -0.2) is 4.68 Å². The normalized spacial score (nSPS) is 23.8. The van der Waals surface area contributed by atoms with Gasteiger partial charge in [-0.05, 0) is 38.6 Å². The Kier molecular flexibility index (Phi) is 3.82. The van der Waals surface area contributed by atoms with Crippen LogP contribution in [0.2, 0.25) is 0 Å². The third-order valence-electron chi connectivity index (χ3n) is 4.13. The molecule has 1 aromatic heterocycles. The number of anilines is 1. The van der Waals surface area contributed by atoms with Gasteiger partial charge in [-0.1, -0.05) is 0 Å². The highest BCUT2D eigenvalue weighted by Gasteiger charge is 2.17. The Morgan fingerprint density at radius 2 is 2.11 bits per heavy atom. The molecule has 1 aromatic rings. The molecule has 1 unspecified atom stereocenters. The van der Waals surface area contributed by atoms with Crippen molar-refractivity contribution in [2.24, 2.45) is 0 Å². The maximum atomic E-state index is 12.1. The number of nitrogens with one attached hydrogen (secondary N) is 1. The molecule has 1 atom stereocenters. The van der Waals surface area contributed by atoms with Gasteiger partial charge in [0.1, 0.15) is 0 Å². The quantitative estimate of drug-likeness (QED) is 0.882. The van der Waals surface area contributed by atoms with Gasteiger partial charge in [-0.3, -0.25) is 4.79 Å². The minimum absolute atomic E-state index is 0.0248. The predicted octanol–water partition coefficient (Wildman–Crippen LogP) is 0.986. The lowest BCUT2D eigenvalue weighted by Gasteiger charge is -2.28. The molecule has 2 aliphatic heterocycles. The van der Waals surface area contributed by atoms with Crippen LogP contribution in [0.25, 0.3) is 0 Å². The second-order valence-corrected chi connectivity index (χ2v) is 5.58. The van der Waals surface area contributed by atoms with Gasteiger partial charge in [-0.2, -0.15) is 5.10 Å². The van der Waals surface area contributed by atoms with Crippen molar-refractivity contribution in [2.75, 3.05) is 24.5 Å². The number of nitrogens with zero attached hydrogens (tertiary/aromatic N) is 3. The smallest absolute Gasteiger partial charge is 0.268 e. The van der Waals surface area contributed by atoms with E-state index in [2.05, 4.69) is 15.3 Å². The Morgan fingerprint density at radius 1 is 1.26 bits per heavy atom. The Balaban J connectivity index is 1.71. The molecule has 5 heteroatoms. The maximum absolute atomic E-state index is 12.1. The van der Waals surface area contributed by atoms with Gasteiger partial charge < -0.3 is 10.2 Å². The van der Waals surface area contributed by atoms with Crippen molar-refractivity contribution in [3.05, 3.63) is 22.6 Å². The van der Waals surface area contributed by atoms with E-state index in [1.54, 1.807) is 10.7 Å². The molecular weight excluding hydrogens is 240 g/mol. The summed E-state index contributed by atoms with van der Waals surface area (Å²) < 4.78 is 1.59. The van der Waals surface area contributed by atoms with Crippen molar-refractivity contribution >= 4 is 5.69 Å². The van der Waals surface area contributed by atoms with E-state index in [9.17, 15) is 4.79 Å². The van der Waals surface area contributed by atoms with Crippen LogP contribution in [0.1, 0.15) is 32.1 Å². The SMILES string of the molecule is O=c1cc(N2CCCCC2)cnn1CC1CCCN1. The van der Waals surface area contributed by atoms with Crippen molar-refractivity contribution in [3.63, 3.8) is 0 Å². The molecule has 2 aliphatic rings. The van der Waals surface area contributed by atoms with Crippen LogP contribution in [0.15, 0.2) is 17.1 Å². The molecule has 0 amide bonds. The molecule has 0 radical (unpaired) electrons. The van der Waals surface area contributed by atoms with E-state index in [0.29, 0.717) is 12.6 Å². The number of piperidine rings is 1. The minimum Gasteiger partial charge on any atom is -0.370 e. The Morgan fingerprint density at radius 3 is 2.79 bits per heavy atom. The van der Waals surface area contributed by atoms with Crippen molar-refractivity contribution in [1.82, 2.24) is 15.1 Å². The van der Waals surface area contributed by atoms with Crippen LogP contribution in [-0.2, 0) is 6.54 Å². The van der Waals surface area contributed by atoms with E-state index < -0.39 is 0 Å². The fourth-order valence-corrected chi connectivity index (χ4v) is 3.01. The zero-order valence-corrected chi connectivity index (χ0v) is 11.3. The molecule has 0 aliphatic carbocycles. The van der Waals surface area contributed by atoms with E-state index in [4.69, 9.17) is 0 Å². The minimum atomic E-state index is 0.0248. The van der Waals surface area contributed by atoms with Crippen LogP contribution in [0, 0.1) is 0 Å². The van der Waals surface area contributed by atoms with Gasteiger partial charge in [-0.15, -0.1) is 0 Å². The zero-order chi connectivity index (χ0) is 13.1. The number of rotatable bonds is 3. The molecule has 104 valence electrons. The molecule has 2 saturated heterocycles. The lowest BCUT2D eigenvalue weighted by atomic mass is 10.1. The molecule has 0 spiro atoms. The summed E-state index contributed by atoms with van der Waals surface area (Å²) in [5, 5.41) is 7.74. The van der Waals surface area contributed by atoms with Crippen molar-refractivity contribution in [2.45, 2.75) is 44.7 Å². The van der Waals surface area contributed by atoms with Crippen molar-refractivity contribution in [1.29, 1.82) is 0 Å². The molecule has 5 nitrogen and oxygen atoms in total. The van der Waals surface area contributed by atoms with Crippen LogP contribution >= 0.6 is 0 Å². The van der Waals surface area contributed by atoms with Gasteiger partial charge in [0, 0.05) is 25.2 Å². The summed E-state index contributed by atoms with van der Waals surface area (Å²) in [4.78, 5) is 14.4. The van der Waals surface area contributed by atoms with Gasteiger partial charge in [0.05, 0.1) is 18.4 Å². The summed E-state index contributed by atoms with van der Waals surface area (Å²) >= 11 is 0. The number of hydrogen-bond donors (Lipinski definition) is 1. The topological polar surface area (TPSA) is 50.2 Å². The molecule has 19 heavy (non-hydrogen) atoms. The maximum Gasteiger partial charge on any atom is 0.268 e. The lowest BCUT2D eigenvalue weighted by Crippen LogP contribution is -2.35. The van der Waals surface area contributed by atoms with E-state index in [0.717, 1.165) is 31.7 Å². The first-order valence-electron chi connectivity index (χ1n) is 7.38. The van der Waals surface area contributed by atoms with Crippen LogP contribution in [0.3, 0.4) is 0 Å². The third-order valence-corrected chi connectivity index (χ3v) is 4.13. The lowest BCUT2D eigenvalue weighted by molar-refractivity contribution is 0.458. The highest BCUT2D eigenvalue weighted by molar-refractivity contribution is 5.43. The zero-order valence-electron chi connectivity index (χ0n) is 11.3. The average Bonchev–Trinajstić information content (AvgIpc) is 2.95. The van der Waals surface area contributed by atoms with Gasteiger partial charge >= 0.3 is 0 Å². The van der Waals surface area contributed by atoms with E-state index in [1.807, 2.05) is 6.20 Å².